The zero-order chi connectivity index (χ0) is 12.1. The standard InChI is InChI=1S/C10H13N5OS/c1-8(6-15-4-2-11-7-15)13-9(16)14-10-12-3-5-17-10/h2-5,7-8H,6H2,1H3,(H2,12,13,14,16)/t8-/m0/s1. The van der Waals surface area contributed by atoms with Crippen LogP contribution in [0.4, 0.5) is 9.93 Å². The van der Waals surface area contributed by atoms with Gasteiger partial charge < -0.3 is 9.88 Å². The Morgan fingerprint density at radius 3 is 3.12 bits per heavy atom. The molecule has 0 aromatic carbocycles. The van der Waals surface area contributed by atoms with Gasteiger partial charge in [0.1, 0.15) is 0 Å². The molecular weight excluding hydrogens is 238 g/mol. The molecule has 6 nitrogen and oxygen atoms in total. The highest BCUT2D eigenvalue weighted by atomic mass is 32.1. The van der Waals surface area contributed by atoms with Crippen molar-refractivity contribution in [2.45, 2.75) is 19.5 Å². The Bertz CT molecular complexity index is 453. The molecule has 2 rings (SSSR count). The summed E-state index contributed by atoms with van der Waals surface area (Å²) < 4.78 is 1.91. The zero-order valence-corrected chi connectivity index (χ0v) is 10.1. The van der Waals surface area contributed by atoms with E-state index in [1.54, 1.807) is 18.7 Å². The second kappa shape index (κ2) is 5.44. The van der Waals surface area contributed by atoms with Gasteiger partial charge in [0.15, 0.2) is 5.13 Å². The molecule has 0 bridgehead atoms. The highest BCUT2D eigenvalue weighted by Crippen LogP contribution is 2.09. The summed E-state index contributed by atoms with van der Waals surface area (Å²) >= 11 is 1.39. The zero-order valence-electron chi connectivity index (χ0n) is 9.33. The molecule has 17 heavy (non-hydrogen) atoms. The topological polar surface area (TPSA) is 71.8 Å². The first-order valence-electron chi connectivity index (χ1n) is 5.17. The predicted octanol–water partition coefficient (Wildman–Crippen LogP) is 1.55. The maximum atomic E-state index is 11.6. The number of rotatable bonds is 4. The van der Waals surface area contributed by atoms with Gasteiger partial charge in [0.25, 0.3) is 0 Å². The third-order valence-electron chi connectivity index (χ3n) is 2.07. The summed E-state index contributed by atoms with van der Waals surface area (Å²) in [6.45, 7) is 2.62. The van der Waals surface area contributed by atoms with E-state index in [4.69, 9.17) is 0 Å². The molecule has 2 heterocycles. The Kier molecular flexibility index (Phi) is 3.71. The van der Waals surface area contributed by atoms with E-state index in [-0.39, 0.29) is 12.1 Å². The first-order chi connectivity index (χ1) is 8.24. The van der Waals surface area contributed by atoms with Gasteiger partial charge in [-0.15, -0.1) is 11.3 Å². The van der Waals surface area contributed by atoms with Gasteiger partial charge in [-0.25, -0.2) is 14.8 Å². The van der Waals surface area contributed by atoms with Crippen LogP contribution >= 0.6 is 11.3 Å². The highest BCUT2D eigenvalue weighted by Gasteiger charge is 2.08. The van der Waals surface area contributed by atoms with E-state index in [0.717, 1.165) is 0 Å². The summed E-state index contributed by atoms with van der Waals surface area (Å²) in [6, 6.07) is -0.225. The van der Waals surface area contributed by atoms with Crippen LogP contribution in [-0.4, -0.2) is 26.6 Å². The monoisotopic (exact) mass is 251 g/mol. The van der Waals surface area contributed by atoms with E-state index in [1.807, 2.05) is 23.1 Å². The largest absolute Gasteiger partial charge is 0.335 e. The molecule has 0 radical (unpaired) electrons. The Morgan fingerprint density at radius 1 is 1.59 bits per heavy atom. The van der Waals surface area contributed by atoms with Crippen LogP contribution in [0.1, 0.15) is 6.92 Å². The Morgan fingerprint density at radius 2 is 2.47 bits per heavy atom. The third-order valence-corrected chi connectivity index (χ3v) is 2.76. The summed E-state index contributed by atoms with van der Waals surface area (Å²) in [5, 5.41) is 7.89. The summed E-state index contributed by atoms with van der Waals surface area (Å²) in [4.78, 5) is 19.5. The number of thiazole rings is 1. The second-order valence-corrected chi connectivity index (χ2v) is 4.49. The van der Waals surface area contributed by atoms with Crippen molar-refractivity contribution in [3.05, 3.63) is 30.3 Å². The first kappa shape index (κ1) is 11.6. The average Bonchev–Trinajstić information content (AvgIpc) is 2.90. The molecule has 0 aliphatic rings. The number of amides is 2. The van der Waals surface area contributed by atoms with E-state index < -0.39 is 0 Å². The normalized spacial score (nSPS) is 12.1. The number of carbonyl (C=O) groups excluding carboxylic acids is 1. The highest BCUT2D eigenvalue weighted by molar-refractivity contribution is 7.13. The van der Waals surface area contributed by atoms with Gasteiger partial charge in [-0.3, -0.25) is 5.32 Å². The van der Waals surface area contributed by atoms with Crippen molar-refractivity contribution >= 4 is 22.5 Å². The van der Waals surface area contributed by atoms with Gasteiger partial charge in [0.2, 0.25) is 0 Å². The number of hydrogen-bond acceptors (Lipinski definition) is 4. The molecule has 2 aromatic heterocycles. The Labute approximate surface area is 103 Å². The van der Waals surface area contributed by atoms with Gasteiger partial charge in [-0.05, 0) is 6.92 Å². The number of aromatic nitrogens is 3. The number of urea groups is 1. The molecule has 0 saturated heterocycles. The SMILES string of the molecule is C[C@@H](Cn1ccnc1)NC(=O)Nc1nccs1. The average molecular weight is 251 g/mol. The number of nitrogens with one attached hydrogen (secondary N) is 2. The van der Waals surface area contributed by atoms with Gasteiger partial charge in [-0.2, -0.15) is 0 Å². The lowest BCUT2D eigenvalue weighted by Crippen LogP contribution is -2.38. The van der Waals surface area contributed by atoms with E-state index in [1.165, 1.54) is 11.3 Å². The molecule has 0 aliphatic heterocycles. The van der Waals surface area contributed by atoms with E-state index >= 15 is 0 Å². The van der Waals surface area contributed by atoms with Crippen molar-refractivity contribution in [2.24, 2.45) is 0 Å². The predicted molar refractivity (Wildman–Crippen MR) is 66.0 cm³/mol. The maximum Gasteiger partial charge on any atom is 0.321 e. The lowest BCUT2D eigenvalue weighted by molar-refractivity contribution is 0.248. The van der Waals surface area contributed by atoms with Crippen molar-refractivity contribution in [2.75, 3.05) is 5.32 Å². The number of anilines is 1. The molecule has 0 spiro atoms. The Balaban J connectivity index is 1.78. The second-order valence-electron chi connectivity index (χ2n) is 3.60. The van der Waals surface area contributed by atoms with Crippen LogP contribution in [-0.2, 0) is 6.54 Å². The molecule has 0 saturated carbocycles. The molecule has 0 fully saturated rings. The smallest absolute Gasteiger partial charge is 0.321 e. The van der Waals surface area contributed by atoms with E-state index in [9.17, 15) is 4.79 Å². The minimum atomic E-state index is -0.243. The van der Waals surface area contributed by atoms with Gasteiger partial charge in [-0.1, -0.05) is 0 Å². The van der Waals surface area contributed by atoms with Crippen LogP contribution in [0.3, 0.4) is 0 Å². The fourth-order valence-electron chi connectivity index (χ4n) is 1.40. The van der Waals surface area contributed by atoms with Crippen LogP contribution in [0.25, 0.3) is 0 Å². The van der Waals surface area contributed by atoms with Crippen LogP contribution < -0.4 is 10.6 Å². The number of imidazole rings is 1. The van der Waals surface area contributed by atoms with Crippen molar-refractivity contribution in [3.8, 4) is 0 Å². The molecule has 2 N–H and O–H groups in total. The van der Waals surface area contributed by atoms with Crippen molar-refractivity contribution in [1.82, 2.24) is 19.9 Å². The van der Waals surface area contributed by atoms with Gasteiger partial charge >= 0.3 is 6.03 Å². The van der Waals surface area contributed by atoms with Crippen LogP contribution in [0.5, 0.6) is 0 Å². The lowest BCUT2D eigenvalue weighted by Gasteiger charge is -2.14. The number of hydrogen-bond donors (Lipinski definition) is 2. The molecule has 0 aliphatic carbocycles. The fraction of sp³-hybridized carbons (Fsp3) is 0.300. The molecule has 90 valence electrons. The van der Waals surface area contributed by atoms with Crippen LogP contribution in [0.2, 0.25) is 0 Å². The quantitative estimate of drug-likeness (QED) is 0.866. The van der Waals surface area contributed by atoms with Crippen LogP contribution in [0.15, 0.2) is 30.3 Å². The Hall–Kier alpha value is -1.89. The maximum absolute atomic E-state index is 11.6. The summed E-state index contributed by atoms with van der Waals surface area (Å²) in [5.41, 5.74) is 0. The third kappa shape index (κ3) is 3.56. The van der Waals surface area contributed by atoms with Gasteiger partial charge in [0, 0.05) is 36.6 Å². The lowest BCUT2D eigenvalue weighted by atomic mass is 10.3. The summed E-state index contributed by atoms with van der Waals surface area (Å²) in [6.07, 6.45) is 6.94. The molecule has 0 unspecified atom stereocenters. The molecule has 7 heteroatoms. The first-order valence-corrected chi connectivity index (χ1v) is 6.05. The number of nitrogens with zero attached hydrogens (tertiary/aromatic N) is 3. The molecular formula is C10H13N5OS. The molecule has 2 aromatic rings. The number of carbonyl (C=O) groups is 1. The van der Waals surface area contributed by atoms with Crippen molar-refractivity contribution in [3.63, 3.8) is 0 Å². The summed E-state index contributed by atoms with van der Waals surface area (Å²) in [7, 11) is 0. The molecule has 2 amide bonds. The van der Waals surface area contributed by atoms with E-state index in [0.29, 0.717) is 11.7 Å². The minimum absolute atomic E-state index is 0.0177. The summed E-state index contributed by atoms with van der Waals surface area (Å²) in [5.74, 6) is 0. The van der Waals surface area contributed by atoms with Crippen molar-refractivity contribution in [1.29, 1.82) is 0 Å². The molecule has 1 atom stereocenters. The van der Waals surface area contributed by atoms with Gasteiger partial charge in [0.05, 0.1) is 6.33 Å². The van der Waals surface area contributed by atoms with E-state index in [2.05, 4.69) is 20.6 Å². The van der Waals surface area contributed by atoms with Crippen LogP contribution in [0, 0.1) is 0 Å². The van der Waals surface area contributed by atoms with Crippen molar-refractivity contribution < 1.29 is 4.79 Å². The fourth-order valence-corrected chi connectivity index (χ4v) is 1.92. The minimum Gasteiger partial charge on any atom is -0.335 e.